The van der Waals surface area contributed by atoms with Gasteiger partial charge in [-0.3, -0.25) is 0 Å². The summed E-state index contributed by atoms with van der Waals surface area (Å²) >= 11 is 1.75. The van der Waals surface area contributed by atoms with Gasteiger partial charge in [-0.25, -0.2) is 9.97 Å². The third-order valence-corrected chi connectivity index (χ3v) is 5.77. The number of thiophene rings is 1. The van der Waals surface area contributed by atoms with Crippen molar-refractivity contribution in [3.05, 3.63) is 41.5 Å². The van der Waals surface area contributed by atoms with Crippen molar-refractivity contribution in [2.24, 2.45) is 0 Å². The summed E-state index contributed by atoms with van der Waals surface area (Å²) in [7, 11) is 0. The van der Waals surface area contributed by atoms with Crippen molar-refractivity contribution < 1.29 is 0 Å². The highest BCUT2D eigenvalue weighted by Crippen LogP contribution is 2.30. The normalized spacial score (nSPS) is 15.0. The van der Waals surface area contributed by atoms with Gasteiger partial charge in [0.1, 0.15) is 17.0 Å². The molecule has 0 bridgehead atoms. The van der Waals surface area contributed by atoms with Crippen LogP contribution in [0.2, 0.25) is 0 Å². The molecule has 2 aromatic heterocycles. The second-order valence-corrected chi connectivity index (χ2v) is 7.34. The number of aromatic nitrogens is 2. The van der Waals surface area contributed by atoms with Gasteiger partial charge in [0.05, 0.1) is 5.39 Å². The minimum absolute atomic E-state index is 0.890. The molecule has 1 aliphatic heterocycles. The first kappa shape index (κ1) is 15.4. The largest absolute Gasteiger partial charge is 0.372 e. The number of benzene rings is 1. The standard InChI is InChI=1S/C19H22N4S/c1-2-16-12-17-18(20-13-21-19(17)24-16)22-14-6-8-15(9-7-14)23-10-4-3-5-11-23/h6-9,12-13H,2-5,10-11H2,1H3,(H,20,21,22). The average Bonchev–Trinajstić information content (AvgIpc) is 3.08. The van der Waals surface area contributed by atoms with Crippen LogP contribution in [0.5, 0.6) is 0 Å². The van der Waals surface area contributed by atoms with Gasteiger partial charge in [-0.2, -0.15) is 0 Å². The van der Waals surface area contributed by atoms with E-state index >= 15 is 0 Å². The van der Waals surface area contributed by atoms with Gasteiger partial charge in [-0.15, -0.1) is 11.3 Å². The van der Waals surface area contributed by atoms with Gasteiger partial charge in [-0.1, -0.05) is 6.92 Å². The molecule has 0 amide bonds. The number of nitrogens with zero attached hydrogens (tertiary/aromatic N) is 3. The van der Waals surface area contributed by atoms with Crippen molar-refractivity contribution in [3.8, 4) is 0 Å². The highest BCUT2D eigenvalue weighted by molar-refractivity contribution is 7.18. The molecule has 1 saturated heterocycles. The first-order valence-electron chi connectivity index (χ1n) is 8.69. The Morgan fingerprint density at radius 2 is 1.88 bits per heavy atom. The molecule has 0 spiro atoms. The Bertz CT molecular complexity index is 819. The number of hydrogen-bond acceptors (Lipinski definition) is 5. The van der Waals surface area contributed by atoms with E-state index in [2.05, 4.69) is 57.4 Å². The van der Waals surface area contributed by atoms with E-state index in [1.807, 2.05) is 0 Å². The first-order chi connectivity index (χ1) is 11.8. The monoisotopic (exact) mass is 338 g/mol. The van der Waals surface area contributed by atoms with Gasteiger partial charge in [0.2, 0.25) is 0 Å². The zero-order chi connectivity index (χ0) is 16.4. The number of hydrogen-bond donors (Lipinski definition) is 1. The van der Waals surface area contributed by atoms with Crippen molar-refractivity contribution >= 4 is 38.7 Å². The second kappa shape index (κ2) is 6.77. The van der Waals surface area contributed by atoms with Crippen molar-refractivity contribution in [3.63, 3.8) is 0 Å². The highest BCUT2D eigenvalue weighted by atomic mass is 32.1. The van der Waals surface area contributed by atoms with Crippen LogP contribution in [0.25, 0.3) is 10.2 Å². The van der Waals surface area contributed by atoms with Gasteiger partial charge >= 0.3 is 0 Å². The summed E-state index contributed by atoms with van der Waals surface area (Å²) in [6.45, 7) is 4.52. The molecule has 3 aromatic rings. The highest BCUT2D eigenvalue weighted by Gasteiger charge is 2.11. The maximum Gasteiger partial charge on any atom is 0.142 e. The average molecular weight is 338 g/mol. The molecular formula is C19H22N4S. The first-order valence-corrected chi connectivity index (χ1v) is 9.50. The molecule has 1 aliphatic rings. The zero-order valence-corrected chi connectivity index (χ0v) is 14.8. The molecule has 0 atom stereocenters. The van der Waals surface area contributed by atoms with Crippen LogP contribution in [0.3, 0.4) is 0 Å². The van der Waals surface area contributed by atoms with E-state index in [1.54, 1.807) is 17.7 Å². The number of piperidine rings is 1. The third kappa shape index (κ3) is 3.08. The maximum absolute atomic E-state index is 4.44. The number of rotatable bonds is 4. The molecule has 3 heterocycles. The molecule has 5 heteroatoms. The van der Waals surface area contributed by atoms with Gasteiger partial charge in [0, 0.05) is 29.3 Å². The van der Waals surface area contributed by atoms with Crippen molar-refractivity contribution in [2.75, 3.05) is 23.3 Å². The van der Waals surface area contributed by atoms with E-state index in [1.165, 1.54) is 42.9 Å². The summed E-state index contributed by atoms with van der Waals surface area (Å²) < 4.78 is 0. The van der Waals surface area contributed by atoms with Crippen molar-refractivity contribution in [1.82, 2.24) is 9.97 Å². The fourth-order valence-electron chi connectivity index (χ4n) is 3.22. The number of fused-ring (bicyclic) bond motifs is 1. The van der Waals surface area contributed by atoms with E-state index < -0.39 is 0 Å². The number of anilines is 3. The smallest absolute Gasteiger partial charge is 0.142 e. The maximum atomic E-state index is 4.44. The summed E-state index contributed by atoms with van der Waals surface area (Å²) in [6, 6.07) is 10.9. The summed E-state index contributed by atoms with van der Waals surface area (Å²) in [6.07, 6.45) is 6.64. The molecule has 0 unspecified atom stereocenters. The quantitative estimate of drug-likeness (QED) is 0.728. The summed E-state index contributed by atoms with van der Waals surface area (Å²) in [5, 5.41) is 4.56. The fourth-order valence-corrected chi connectivity index (χ4v) is 4.16. The van der Waals surface area contributed by atoms with Gasteiger partial charge in [-0.05, 0) is 56.0 Å². The minimum Gasteiger partial charge on any atom is -0.372 e. The lowest BCUT2D eigenvalue weighted by Crippen LogP contribution is -2.29. The van der Waals surface area contributed by atoms with E-state index in [9.17, 15) is 0 Å². The van der Waals surface area contributed by atoms with Crippen LogP contribution < -0.4 is 10.2 Å². The molecule has 4 nitrogen and oxygen atoms in total. The van der Waals surface area contributed by atoms with Crippen LogP contribution >= 0.6 is 11.3 Å². The van der Waals surface area contributed by atoms with Gasteiger partial charge in [0.25, 0.3) is 0 Å². The topological polar surface area (TPSA) is 41.0 Å². The fraction of sp³-hybridized carbons (Fsp3) is 0.368. The Hall–Kier alpha value is -2.14. The molecule has 1 N–H and O–H groups in total. The van der Waals surface area contributed by atoms with Gasteiger partial charge in [0.15, 0.2) is 0 Å². The van der Waals surface area contributed by atoms with Gasteiger partial charge < -0.3 is 10.2 Å². The summed E-state index contributed by atoms with van der Waals surface area (Å²) in [4.78, 5) is 13.7. The Labute approximate surface area is 146 Å². The van der Waals surface area contributed by atoms with Crippen LogP contribution in [0, 0.1) is 0 Å². The lowest BCUT2D eigenvalue weighted by molar-refractivity contribution is 0.578. The third-order valence-electron chi connectivity index (χ3n) is 4.58. The summed E-state index contributed by atoms with van der Waals surface area (Å²) in [5.74, 6) is 0.890. The molecule has 24 heavy (non-hydrogen) atoms. The SMILES string of the molecule is CCc1cc2c(Nc3ccc(N4CCCCC4)cc3)ncnc2s1. The zero-order valence-electron chi connectivity index (χ0n) is 14.0. The number of aryl methyl sites for hydroxylation is 1. The Balaban J connectivity index is 1.56. The van der Waals surface area contributed by atoms with Crippen LogP contribution in [0.4, 0.5) is 17.2 Å². The molecule has 4 rings (SSSR count). The predicted molar refractivity (Wildman–Crippen MR) is 103 cm³/mol. The van der Waals surface area contributed by atoms with Crippen LogP contribution in [0.1, 0.15) is 31.1 Å². The van der Waals surface area contributed by atoms with E-state index in [0.717, 1.165) is 28.1 Å². The minimum atomic E-state index is 0.890. The molecule has 124 valence electrons. The molecule has 0 aliphatic carbocycles. The molecular weight excluding hydrogens is 316 g/mol. The van der Waals surface area contributed by atoms with E-state index in [-0.39, 0.29) is 0 Å². The Kier molecular flexibility index (Phi) is 4.34. The molecule has 1 fully saturated rings. The van der Waals surface area contributed by atoms with Crippen LogP contribution in [0.15, 0.2) is 36.7 Å². The predicted octanol–water partition coefficient (Wildman–Crippen LogP) is 4.99. The molecule has 0 saturated carbocycles. The van der Waals surface area contributed by atoms with Crippen LogP contribution in [-0.2, 0) is 6.42 Å². The van der Waals surface area contributed by atoms with Crippen molar-refractivity contribution in [2.45, 2.75) is 32.6 Å². The lowest BCUT2D eigenvalue weighted by atomic mass is 10.1. The van der Waals surface area contributed by atoms with Crippen LogP contribution in [-0.4, -0.2) is 23.1 Å². The molecule has 1 aromatic carbocycles. The number of nitrogens with one attached hydrogen (secondary N) is 1. The summed E-state index contributed by atoms with van der Waals surface area (Å²) in [5.41, 5.74) is 2.39. The van der Waals surface area contributed by atoms with E-state index in [4.69, 9.17) is 0 Å². The second-order valence-electron chi connectivity index (χ2n) is 6.23. The molecule has 0 radical (unpaired) electrons. The Morgan fingerprint density at radius 1 is 1.08 bits per heavy atom. The lowest BCUT2D eigenvalue weighted by Gasteiger charge is -2.28. The van der Waals surface area contributed by atoms with E-state index in [0.29, 0.717) is 0 Å². The van der Waals surface area contributed by atoms with Crippen molar-refractivity contribution in [1.29, 1.82) is 0 Å². The Morgan fingerprint density at radius 3 is 2.62 bits per heavy atom.